The molecule has 2 aliphatic rings. The van der Waals surface area contributed by atoms with E-state index in [1.165, 1.54) is 32.1 Å². The molecule has 0 aromatic carbocycles. The Hall–Kier alpha value is -0.130. The minimum Gasteiger partial charge on any atom is -0.378 e. The molecule has 1 N–H and O–H groups in total. The standard InChI is InChI=1S/C14H27NO3S/c16-19(17)11-7-13(8-12-19)15-9-4-10-18-14-5-2-1-3-6-14/h13-15H,1-12H2. The van der Waals surface area contributed by atoms with Gasteiger partial charge in [0, 0.05) is 12.6 Å². The maximum atomic E-state index is 11.3. The van der Waals surface area contributed by atoms with Crippen molar-refractivity contribution in [2.45, 2.75) is 63.5 Å². The monoisotopic (exact) mass is 289 g/mol. The van der Waals surface area contributed by atoms with Crippen molar-refractivity contribution < 1.29 is 13.2 Å². The highest BCUT2D eigenvalue weighted by atomic mass is 32.2. The Balaban J connectivity index is 1.48. The molecule has 1 saturated carbocycles. The van der Waals surface area contributed by atoms with Gasteiger partial charge in [-0.05, 0) is 38.6 Å². The minimum absolute atomic E-state index is 0.350. The van der Waals surface area contributed by atoms with Crippen LogP contribution >= 0.6 is 0 Å². The first-order valence-electron chi connectivity index (χ1n) is 7.71. The lowest BCUT2D eigenvalue weighted by Gasteiger charge is -2.24. The summed E-state index contributed by atoms with van der Waals surface area (Å²) < 4.78 is 28.5. The lowest BCUT2D eigenvalue weighted by atomic mass is 9.98. The van der Waals surface area contributed by atoms with Crippen molar-refractivity contribution in [2.75, 3.05) is 24.7 Å². The molecule has 1 heterocycles. The van der Waals surface area contributed by atoms with Crippen LogP contribution in [0.15, 0.2) is 0 Å². The molecule has 4 nitrogen and oxygen atoms in total. The number of hydrogen-bond acceptors (Lipinski definition) is 4. The molecule has 1 aliphatic heterocycles. The summed E-state index contributed by atoms with van der Waals surface area (Å²) in [6.07, 6.45) is 9.53. The van der Waals surface area contributed by atoms with E-state index >= 15 is 0 Å². The van der Waals surface area contributed by atoms with E-state index in [2.05, 4.69) is 5.32 Å². The third-order valence-electron chi connectivity index (χ3n) is 4.21. The van der Waals surface area contributed by atoms with Crippen molar-refractivity contribution in [3.63, 3.8) is 0 Å². The van der Waals surface area contributed by atoms with Crippen molar-refractivity contribution in [3.8, 4) is 0 Å². The molecule has 0 aromatic rings. The van der Waals surface area contributed by atoms with Crippen molar-refractivity contribution in [1.29, 1.82) is 0 Å². The van der Waals surface area contributed by atoms with Gasteiger partial charge in [0.2, 0.25) is 0 Å². The highest BCUT2D eigenvalue weighted by molar-refractivity contribution is 7.91. The molecule has 0 aromatic heterocycles. The van der Waals surface area contributed by atoms with Crippen LogP contribution in [0, 0.1) is 0 Å². The summed E-state index contributed by atoms with van der Waals surface area (Å²) >= 11 is 0. The highest BCUT2D eigenvalue weighted by Crippen LogP contribution is 2.20. The van der Waals surface area contributed by atoms with E-state index in [0.29, 0.717) is 23.7 Å². The van der Waals surface area contributed by atoms with Gasteiger partial charge >= 0.3 is 0 Å². The Morgan fingerprint density at radius 2 is 1.68 bits per heavy atom. The van der Waals surface area contributed by atoms with Crippen LogP contribution in [0.5, 0.6) is 0 Å². The van der Waals surface area contributed by atoms with Gasteiger partial charge in [-0.1, -0.05) is 19.3 Å². The summed E-state index contributed by atoms with van der Waals surface area (Å²) in [7, 11) is -2.73. The van der Waals surface area contributed by atoms with Crippen LogP contribution in [0.25, 0.3) is 0 Å². The topological polar surface area (TPSA) is 55.4 Å². The number of rotatable bonds is 6. The summed E-state index contributed by atoms with van der Waals surface area (Å²) in [5, 5.41) is 3.45. The summed E-state index contributed by atoms with van der Waals surface area (Å²) in [5.74, 6) is 0.701. The molecule has 2 fully saturated rings. The summed E-state index contributed by atoms with van der Waals surface area (Å²) in [4.78, 5) is 0. The van der Waals surface area contributed by atoms with Crippen LogP contribution in [0.2, 0.25) is 0 Å². The molecule has 0 atom stereocenters. The third kappa shape index (κ3) is 5.79. The van der Waals surface area contributed by atoms with Gasteiger partial charge in [-0.15, -0.1) is 0 Å². The van der Waals surface area contributed by atoms with E-state index in [-0.39, 0.29) is 0 Å². The molecule has 2 rings (SSSR count). The molecule has 5 heteroatoms. The van der Waals surface area contributed by atoms with Gasteiger partial charge in [-0.25, -0.2) is 8.42 Å². The molecular weight excluding hydrogens is 262 g/mol. The largest absolute Gasteiger partial charge is 0.378 e. The van der Waals surface area contributed by atoms with Crippen LogP contribution in [0.4, 0.5) is 0 Å². The van der Waals surface area contributed by atoms with E-state index in [1.54, 1.807) is 0 Å². The van der Waals surface area contributed by atoms with E-state index in [4.69, 9.17) is 4.74 Å². The molecule has 19 heavy (non-hydrogen) atoms. The SMILES string of the molecule is O=S1(=O)CCC(NCCCOC2CCCCC2)CC1. The number of ether oxygens (including phenoxy) is 1. The Labute approximate surface area is 117 Å². The Bertz CT molecular complexity index is 336. The molecule has 0 bridgehead atoms. The molecular formula is C14H27NO3S. The second-order valence-corrected chi connectivity index (χ2v) is 8.17. The van der Waals surface area contributed by atoms with E-state index in [0.717, 1.165) is 32.4 Å². The van der Waals surface area contributed by atoms with Gasteiger partial charge in [0.1, 0.15) is 9.84 Å². The minimum atomic E-state index is -2.73. The molecule has 1 aliphatic carbocycles. The number of nitrogens with one attached hydrogen (secondary N) is 1. The second-order valence-electron chi connectivity index (χ2n) is 5.86. The Morgan fingerprint density at radius 3 is 2.37 bits per heavy atom. The fraction of sp³-hybridized carbons (Fsp3) is 1.00. The van der Waals surface area contributed by atoms with Gasteiger partial charge in [0.15, 0.2) is 0 Å². The first-order valence-corrected chi connectivity index (χ1v) is 9.53. The van der Waals surface area contributed by atoms with Gasteiger partial charge < -0.3 is 10.1 Å². The molecule has 0 radical (unpaired) electrons. The zero-order chi connectivity index (χ0) is 13.6. The molecule has 0 unspecified atom stereocenters. The van der Waals surface area contributed by atoms with Gasteiger partial charge in [0.05, 0.1) is 17.6 Å². The summed E-state index contributed by atoms with van der Waals surface area (Å²) in [6, 6.07) is 0.387. The second kappa shape index (κ2) is 7.60. The third-order valence-corrected chi connectivity index (χ3v) is 5.93. The van der Waals surface area contributed by atoms with Gasteiger partial charge in [-0.2, -0.15) is 0 Å². The maximum absolute atomic E-state index is 11.3. The van der Waals surface area contributed by atoms with E-state index in [9.17, 15) is 8.42 Å². The maximum Gasteiger partial charge on any atom is 0.150 e. The lowest BCUT2D eigenvalue weighted by molar-refractivity contribution is 0.0270. The predicted octanol–water partition coefficient (Wildman–Crippen LogP) is 1.89. The zero-order valence-corrected chi connectivity index (χ0v) is 12.6. The Kier molecular flexibility index (Phi) is 6.10. The molecule has 112 valence electrons. The number of hydrogen-bond donors (Lipinski definition) is 1. The average Bonchev–Trinajstić information content (AvgIpc) is 2.41. The first kappa shape index (κ1) is 15.3. The summed E-state index contributed by atoms with van der Waals surface area (Å²) in [6.45, 7) is 1.78. The van der Waals surface area contributed by atoms with Gasteiger partial charge in [-0.3, -0.25) is 0 Å². The first-order chi connectivity index (χ1) is 9.16. The van der Waals surface area contributed by atoms with Crippen LogP contribution in [-0.4, -0.2) is 45.2 Å². The summed E-state index contributed by atoms with van der Waals surface area (Å²) in [5.41, 5.74) is 0. The van der Waals surface area contributed by atoms with Crippen molar-refractivity contribution >= 4 is 9.84 Å². The molecule has 0 amide bonds. The van der Waals surface area contributed by atoms with Crippen LogP contribution in [0.3, 0.4) is 0 Å². The van der Waals surface area contributed by atoms with E-state index < -0.39 is 9.84 Å². The molecule has 0 spiro atoms. The van der Waals surface area contributed by atoms with Crippen LogP contribution < -0.4 is 5.32 Å². The Morgan fingerprint density at radius 1 is 1.00 bits per heavy atom. The normalized spacial score (nSPS) is 25.5. The average molecular weight is 289 g/mol. The van der Waals surface area contributed by atoms with Crippen molar-refractivity contribution in [1.82, 2.24) is 5.32 Å². The van der Waals surface area contributed by atoms with Crippen LogP contribution in [0.1, 0.15) is 51.4 Å². The predicted molar refractivity (Wildman–Crippen MR) is 77.1 cm³/mol. The van der Waals surface area contributed by atoms with Gasteiger partial charge in [0.25, 0.3) is 0 Å². The lowest BCUT2D eigenvalue weighted by Crippen LogP contribution is -2.38. The highest BCUT2D eigenvalue weighted by Gasteiger charge is 2.22. The van der Waals surface area contributed by atoms with E-state index in [1.807, 2.05) is 0 Å². The zero-order valence-electron chi connectivity index (χ0n) is 11.8. The van der Waals surface area contributed by atoms with Crippen LogP contribution in [-0.2, 0) is 14.6 Å². The fourth-order valence-corrected chi connectivity index (χ4v) is 4.45. The van der Waals surface area contributed by atoms with Crippen molar-refractivity contribution in [2.24, 2.45) is 0 Å². The fourth-order valence-electron chi connectivity index (χ4n) is 2.95. The quantitative estimate of drug-likeness (QED) is 0.759. The van der Waals surface area contributed by atoms with Crippen molar-refractivity contribution in [3.05, 3.63) is 0 Å². The smallest absolute Gasteiger partial charge is 0.150 e. The molecule has 1 saturated heterocycles. The number of sulfone groups is 1.